The Bertz CT molecular complexity index is 395. The first kappa shape index (κ1) is 15.7. The van der Waals surface area contributed by atoms with Crippen molar-refractivity contribution in [2.75, 3.05) is 17.6 Å². The smallest absolute Gasteiger partial charge is 0.168 e. The molecule has 0 aromatic carbocycles. The zero-order chi connectivity index (χ0) is 14.3. The second-order valence-corrected chi connectivity index (χ2v) is 5.21. The predicted octanol–water partition coefficient (Wildman–Crippen LogP) is 3.96. The van der Waals surface area contributed by atoms with E-state index < -0.39 is 11.6 Å². The van der Waals surface area contributed by atoms with E-state index in [1.165, 1.54) is 19.3 Å². The van der Waals surface area contributed by atoms with Crippen LogP contribution < -0.4 is 11.1 Å². The number of hydrogen-bond donors (Lipinski definition) is 2. The average Bonchev–Trinajstić information content (AvgIpc) is 2.33. The van der Waals surface area contributed by atoms with Crippen LogP contribution >= 0.6 is 0 Å². The largest absolute Gasteiger partial charge is 0.381 e. The first-order valence-electron chi connectivity index (χ1n) is 6.86. The minimum Gasteiger partial charge on any atom is -0.381 e. The molecule has 0 aliphatic carbocycles. The van der Waals surface area contributed by atoms with E-state index in [1.807, 2.05) is 0 Å². The van der Waals surface area contributed by atoms with E-state index in [0.717, 1.165) is 24.8 Å². The Balaban J connectivity index is 2.21. The summed E-state index contributed by atoms with van der Waals surface area (Å²) in [4.78, 5) is 3.65. The summed E-state index contributed by atoms with van der Waals surface area (Å²) in [5.41, 5.74) is 5.29. The third kappa shape index (κ3) is 5.85. The molecule has 1 aromatic heterocycles. The highest BCUT2D eigenvalue weighted by Crippen LogP contribution is 2.16. The predicted molar refractivity (Wildman–Crippen MR) is 75.0 cm³/mol. The number of hydrogen-bond acceptors (Lipinski definition) is 3. The van der Waals surface area contributed by atoms with Gasteiger partial charge in [-0.2, -0.15) is 0 Å². The molecule has 0 spiro atoms. The fraction of sp³-hybridized carbons (Fsp3) is 0.643. The molecule has 0 atom stereocenters. The van der Waals surface area contributed by atoms with E-state index in [1.54, 1.807) is 0 Å². The van der Waals surface area contributed by atoms with E-state index in [-0.39, 0.29) is 11.6 Å². The van der Waals surface area contributed by atoms with Crippen molar-refractivity contribution in [3.05, 3.63) is 17.7 Å². The number of nitrogens with one attached hydrogen (secondary N) is 1. The summed E-state index contributed by atoms with van der Waals surface area (Å²) in [6.07, 6.45) is 5.70. The van der Waals surface area contributed by atoms with Crippen LogP contribution in [0.5, 0.6) is 0 Å². The van der Waals surface area contributed by atoms with Gasteiger partial charge in [0.1, 0.15) is 0 Å². The maximum atomic E-state index is 13.3. The van der Waals surface area contributed by atoms with Crippen molar-refractivity contribution in [2.24, 2.45) is 5.92 Å². The molecule has 3 N–H and O–H groups in total. The lowest BCUT2D eigenvalue weighted by atomic mass is 10.0. The summed E-state index contributed by atoms with van der Waals surface area (Å²) >= 11 is 0. The molecule has 0 aliphatic heterocycles. The van der Waals surface area contributed by atoms with Gasteiger partial charge in [0.15, 0.2) is 23.3 Å². The third-order valence-electron chi connectivity index (χ3n) is 2.96. The van der Waals surface area contributed by atoms with Gasteiger partial charge in [0.25, 0.3) is 0 Å². The maximum Gasteiger partial charge on any atom is 0.168 e. The first-order valence-corrected chi connectivity index (χ1v) is 6.86. The summed E-state index contributed by atoms with van der Waals surface area (Å²) in [7, 11) is 0. The summed E-state index contributed by atoms with van der Waals surface area (Å²) in [5.74, 6) is -1.02. The highest BCUT2D eigenvalue weighted by Gasteiger charge is 2.08. The number of unbranched alkanes of at least 4 members (excludes halogenated alkanes) is 3. The molecule has 0 bridgehead atoms. The van der Waals surface area contributed by atoms with E-state index in [2.05, 4.69) is 24.1 Å². The Morgan fingerprint density at radius 3 is 2.53 bits per heavy atom. The number of anilines is 2. The van der Waals surface area contributed by atoms with Gasteiger partial charge in [0.2, 0.25) is 0 Å². The van der Waals surface area contributed by atoms with Crippen LogP contribution in [-0.4, -0.2) is 11.5 Å². The fourth-order valence-corrected chi connectivity index (χ4v) is 1.84. The number of pyridine rings is 1. The highest BCUT2D eigenvalue weighted by molar-refractivity contribution is 5.44. The Morgan fingerprint density at radius 2 is 1.84 bits per heavy atom. The van der Waals surface area contributed by atoms with Crippen molar-refractivity contribution in [3.63, 3.8) is 0 Å². The molecule has 0 amide bonds. The van der Waals surface area contributed by atoms with Gasteiger partial charge in [-0.3, -0.25) is 0 Å². The SMILES string of the molecule is CC(C)CCCCCCNc1nc(N)c(F)cc1F. The molecule has 108 valence electrons. The van der Waals surface area contributed by atoms with Crippen LogP contribution in [0.2, 0.25) is 0 Å². The number of nitrogens with two attached hydrogens (primary N) is 1. The minimum absolute atomic E-state index is 0.0288. The van der Waals surface area contributed by atoms with Crippen LogP contribution in [0.25, 0.3) is 0 Å². The number of rotatable bonds is 8. The van der Waals surface area contributed by atoms with Crippen LogP contribution in [0, 0.1) is 17.6 Å². The van der Waals surface area contributed by atoms with E-state index in [4.69, 9.17) is 5.73 Å². The van der Waals surface area contributed by atoms with Crippen molar-refractivity contribution in [2.45, 2.75) is 46.0 Å². The molecular weight excluding hydrogens is 248 g/mol. The Kier molecular flexibility index (Phi) is 6.53. The van der Waals surface area contributed by atoms with Crippen LogP contribution in [0.4, 0.5) is 20.4 Å². The Labute approximate surface area is 113 Å². The van der Waals surface area contributed by atoms with Crippen molar-refractivity contribution < 1.29 is 8.78 Å². The van der Waals surface area contributed by atoms with E-state index >= 15 is 0 Å². The third-order valence-corrected chi connectivity index (χ3v) is 2.96. The standard InChI is InChI=1S/C14H23F2N3/c1-10(2)7-5-3-4-6-8-18-14-12(16)9-11(15)13(17)19-14/h9-10H,3-8H2,1-2H3,(H3,17,18,19). The molecule has 5 heteroatoms. The van der Waals surface area contributed by atoms with Crippen molar-refractivity contribution in [1.29, 1.82) is 0 Å². The molecular formula is C14H23F2N3. The molecule has 0 saturated heterocycles. The summed E-state index contributed by atoms with van der Waals surface area (Å²) in [5, 5.41) is 2.85. The van der Waals surface area contributed by atoms with Crippen LogP contribution in [0.15, 0.2) is 6.07 Å². The summed E-state index contributed by atoms with van der Waals surface area (Å²) < 4.78 is 26.2. The topological polar surface area (TPSA) is 50.9 Å². The summed E-state index contributed by atoms with van der Waals surface area (Å²) in [6.45, 7) is 5.06. The molecule has 0 unspecified atom stereocenters. The van der Waals surface area contributed by atoms with Crippen molar-refractivity contribution in [3.8, 4) is 0 Å². The van der Waals surface area contributed by atoms with Gasteiger partial charge in [0, 0.05) is 12.6 Å². The Hall–Kier alpha value is -1.39. The lowest BCUT2D eigenvalue weighted by Gasteiger charge is -2.08. The molecule has 1 heterocycles. The van der Waals surface area contributed by atoms with Gasteiger partial charge in [0.05, 0.1) is 0 Å². The molecule has 0 saturated carbocycles. The molecule has 0 aliphatic rings. The normalized spacial score (nSPS) is 11.0. The molecule has 1 aromatic rings. The Morgan fingerprint density at radius 1 is 1.16 bits per heavy atom. The lowest BCUT2D eigenvalue weighted by molar-refractivity contribution is 0.522. The van der Waals surface area contributed by atoms with Gasteiger partial charge < -0.3 is 11.1 Å². The van der Waals surface area contributed by atoms with E-state index in [0.29, 0.717) is 6.54 Å². The van der Waals surface area contributed by atoms with Gasteiger partial charge >= 0.3 is 0 Å². The monoisotopic (exact) mass is 271 g/mol. The van der Waals surface area contributed by atoms with E-state index in [9.17, 15) is 8.78 Å². The average molecular weight is 271 g/mol. The van der Waals surface area contributed by atoms with Crippen LogP contribution in [-0.2, 0) is 0 Å². The van der Waals surface area contributed by atoms with Gasteiger partial charge in [-0.25, -0.2) is 13.8 Å². The molecule has 0 fully saturated rings. The zero-order valence-electron chi connectivity index (χ0n) is 11.7. The zero-order valence-corrected chi connectivity index (χ0v) is 11.7. The van der Waals surface area contributed by atoms with Crippen molar-refractivity contribution >= 4 is 11.6 Å². The minimum atomic E-state index is -0.822. The lowest BCUT2D eigenvalue weighted by Crippen LogP contribution is -2.08. The second-order valence-electron chi connectivity index (χ2n) is 5.21. The molecule has 0 radical (unpaired) electrons. The maximum absolute atomic E-state index is 13.3. The van der Waals surface area contributed by atoms with Gasteiger partial charge in [-0.15, -0.1) is 0 Å². The number of halogens is 2. The highest BCUT2D eigenvalue weighted by atomic mass is 19.1. The fourth-order valence-electron chi connectivity index (χ4n) is 1.84. The second kappa shape index (κ2) is 7.92. The quantitative estimate of drug-likeness (QED) is 0.704. The number of aromatic nitrogens is 1. The molecule has 19 heavy (non-hydrogen) atoms. The number of nitrogens with zero attached hydrogens (tertiary/aromatic N) is 1. The van der Waals surface area contributed by atoms with Crippen molar-refractivity contribution in [1.82, 2.24) is 4.98 Å². The summed E-state index contributed by atoms with van der Waals surface area (Å²) in [6, 6.07) is 0.757. The van der Waals surface area contributed by atoms with Gasteiger partial charge in [-0.05, 0) is 12.3 Å². The van der Waals surface area contributed by atoms with Gasteiger partial charge in [-0.1, -0.05) is 39.5 Å². The molecule has 3 nitrogen and oxygen atoms in total. The molecule has 1 rings (SSSR count). The van der Waals surface area contributed by atoms with Crippen LogP contribution in [0.1, 0.15) is 46.0 Å². The van der Waals surface area contributed by atoms with Crippen LogP contribution in [0.3, 0.4) is 0 Å². The first-order chi connectivity index (χ1) is 9.00. The number of nitrogen functional groups attached to an aromatic ring is 1.